The van der Waals surface area contributed by atoms with E-state index in [4.69, 9.17) is 9.47 Å². The van der Waals surface area contributed by atoms with Gasteiger partial charge in [0.15, 0.2) is 0 Å². The number of nitrogens with one attached hydrogen (secondary N) is 1. The van der Waals surface area contributed by atoms with E-state index < -0.39 is 17.0 Å². The van der Waals surface area contributed by atoms with Crippen molar-refractivity contribution in [3.05, 3.63) is 0 Å². The van der Waals surface area contributed by atoms with Crippen LogP contribution in [0.15, 0.2) is 0 Å². The summed E-state index contributed by atoms with van der Waals surface area (Å²) in [7, 11) is 0. The number of ether oxygens (including phenoxy) is 2. The van der Waals surface area contributed by atoms with Crippen molar-refractivity contribution in [1.82, 2.24) is 9.62 Å². The first-order chi connectivity index (χ1) is 11.7. The standard InChI is InChI=1S/C19H36N2O4S/c1-16(2,3)25-15(22)21-11-9-19(10-12-21)14(18(7,8)13-24-19)20-26(23)17(4,5)6/h14,20H,9-13H2,1-8H3/t14-,26-/m1/s1. The summed E-state index contributed by atoms with van der Waals surface area (Å²) < 4.78 is 27.5. The van der Waals surface area contributed by atoms with Crippen molar-refractivity contribution in [2.75, 3.05) is 19.7 Å². The van der Waals surface area contributed by atoms with Gasteiger partial charge in [-0.05, 0) is 54.4 Å². The second kappa shape index (κ2) is 7.15. The molecule has 2 rings (SSSR count). The highest BCUT2D eigenvalue weighted by Gasteiger charge is 2.57. The van der Waals surface area contributed by atoms with Gasteiger partial charge in [-0.15, -0.1) is 4.72 Å². The molecule has 1 amide bonds. The summed E-state index contributed by atoms with van der Waals surface area (Å²) in [5.74, 6) is 0. The molecule has 7 heteroatoms. The van der Waals surface area contributed by atoms with Crippen LogP contribution in [0.25, 0.3) is 0 Å². The molecule has 0 bridgehead atoms. The maximum atomic E-state index is 12.7. The summed E-state index contributed by atoms with van der Waals surface area (Å²) in [4.78, 5) is 14.1. The number of rotatable bonds is 2. The number of hydrogen-bond donors (Lipinski definition) is 1. The highest BCUT2D eigenvalue weighted by molar-refractivity contribution is 7.90. The van der Waals surface area contributed by atoms with Crippen molar-refractivity contribution in [2.24, 2.45) is 5.41 Å². The van der Waals surface area contributed by atoms with Gasteiger partial charge in [-0.1, -0.05) is 13.8 Å². The number of hydrogen-bond acceptors (Lipinski definition) is 5. The molecule has 0 aromatic rings. The Kier molecular flexibility index (Phi) is 5.99. The third-order valence-corrected chi connectivity index (χ3v) is 6.64. The van der Waals surface area contributed by atoms with Gasteiger partial charge in [0.1, 0.15) is 10.3 Å². The Morgan fingerprint density at radius 1 is 1.19 bits per heavy atom. The van der Waals surface area contributed by atoms with Gasteiger partial charge < -0.3 is 18.9 Å². The van der Waals surface area contributed by atoms with Crippen LogP contribution in [0, 0.1) is 5.41 Å². The molecule has 2 saturated heterocycles. The largest absolute Gasteiger partial charge is 0.598 e. The van der Waals surface area contributed by atoms with Crippen molar-refractivity contribution in [3.63, 3.8) is 0 Å². The van der Waals surface area contributed by atoms with Crippen LogP contribution < -0.4 is 4.72 Å². The molecule has 0 radical (unpaired) electrons. The Labute approximate surface area is 161 Å². The lowest BCUT2D eigenvalue weighted by Crippen LogP contribution is -2.61. The summed E-state index contributed by atoms with van der Waals surface area (Å²) in [6.45, 7) is 17.6. The highest BCUT2D eigenvalue weighted by atomic mass is 32.2. The number of carbonyl (C=O) groups excluding carboxylic acids is 1. The van der Waals surface area contributed by atoms with Gasteiger partial charge in [-0.2, -0.15) is 0 Å². The summed E-state index contributed by atoms with van der Waals surface area (Å²) in [5.41, 5.74) is -0.996. The molecule has 6 nitrogen and oxygen atoms in total. The minimum Gasteiger partial charge on any atom is -0.598 e. The second-order valence-corrected chi connectivity index (χ2v) is 12.2. The van der Waals surface area contributed by atoms with Crippen molar-refractivity contribution in [3.8, 4) is 0 Å². The van der Waals surface area contributed by atoms with Crippen LogP contribution in [0.1, 0.15) is 68.2 Å². The molecule has 152 valence electrons. The van der Waals surface area contributed by atoms with Crippen LogP contribution in [0.3, 0.4) is 0 Å². The topological polar surface area (TPSA) is 73.9 Å². The molecule has 2 fully saturated rings. The van der Waals surface area contributed by atoms with E-state index in [1.54, 1.807) is 4.90 Å². The van der Waals surface area contributed by atoms with Crippen LogP contribution in [0.2, 0.25) is 0 Å². The van der Waals surface area contributed by atoms with Gasteiger partial charge in [0, 0.05) is 29.9 Å². The first kappa shape index (κ1) is 21.8. The Hall–Kier alpha value is -0.500. The highest BCUT2D eigenvalue weighted by Crippen LogP contribution is 2.45. The normalized spacial score (nSPS) is 26.8. The van der Waals surface area contributed by atoms with E-state index in [1.807, 2.05) is 41.5 Å². The molecule has 2 atom stereocenters. The molecule has 2 heterocycles. The Balaban J connectivity index is 2.08. The van der Waals surface area contributed by atoms with Crippen LogP contribution >= 0.6 is 0 Å². The number of carbonyl (C=O) groups is 1. The van der Waals surface area contributed by atoms with Gasteiger partial charge in [0.2, 0.25) is 0 Å². The summed E-state index contributed by atoms with van der Waals surface area (Å²) in [6, 6.07) is -0.0177. The average Bonchev–Trinajstić information content (AvgIpc) is 2.70. The number of likely N-dealkylation sites (tertiary alicyclic amines) is 1. The van der Waals surface area contributed by atoms with Gasteiger partial charge in [0.25, 0.3) is 0 Å². The van der Waals surface area contributed by atoms with Crippen molar-refractivity contribution in [2.45, 2.75) is 90.2 Å². The number of amides is 1. The summed E-state index contributed by atoms with van der Waals surface area (Å²) >= 11 is -1.17. The third kappa shape index (κ3) is 4.86. The minimum absolute atomic E-state index is 0.0177. The molecule has 1 N–H and O–H groups in total. The fourth-order valence-corrected chi connectivity index (χ4v) is 4.69. The Morgan fingerprint density at radius 3 is 2.19 bits per heavy atom. The third-order valence-electron chi connectivity index (χ3n) is 5.08. The number of piperidine rings is 1. The van der Waals surface area contributed by atoms with Gasteiger partial charge >= 0.3 is 6.09 Å². The smallest absolute Gasteiger partial charge is 0.410 e. The van der Waals surface area contributed by atoms with Crippen molar-refractivity contribution >= 4 is 17.5 Å². The fourth-order valence-electron chi connectivity index (χ4n) is 3.59. The lowest BCUT2D eigenvalue weighted by molar-refractivity contribution is -0.0569. The first-order valence-electron chi connectivity index (χ1n) is 9.46. The minimum atomic E-state index is -1.17. The molecule has 1 spiro atoms. The van der Waals surface area contributed by atoms with E-state index in [2.05, 4.69) is 18.6 Å². The molecular weight excluding hydrogens is 352 g/mol. The molecule has 2 aliphatic heterocycles. The predicted octanol–water partition coefficient (Wildman–Crippen LogP) is 3.23. The van der Waals surface area contributed by atoms with Crippen LogP contribution in [-0.4, -0.2) is 57.2 Å². The predicted molar refractivity (Wildman–Crippen MR) is 104 cm³/mol. The molecule has 26 heavy (non-hydrogen) atoms. The SMILES string of the molecule is CC(C)(C)OC(=O)N1CCC2(CC1)OCC(C)(C)[C@H]2N[S@+]([O-])C(C)(C)C. The number of nitrogens with zero attached hydrogens (tertiary/aromatic N) is 1. The zero-order valence-corrected chi connectivity index (χ0v) is 18.4. The molecule has 0 aliphatic carbocycles. The van der Waals surface area contributed by atoms with Gasteiger partial charge in [-0.25, -0.2) is 4.79 Å². The van der Waals surface area contributed by atoms with E-state index in [0.29, 0.717) is 32.5 Å². The molecule has 2 aliphatic rings. The zero-order chi connectivity index (χ0) is 20.0. The molecule has 0 unspecified atom stereocenters. The summed E-state index contributed by atoms with van der Waals surface area (Å²) in [6.07, 6.45) is 1.16. The second-order valence-electron chi connectivity index (χ2n) is 10.2. The molecule has 0 aromatic heterocycles. The Morgan fingerprint density at radius 2 is 1.73 bits per heavy atom. The first-order valence-corrected chi connectivity index (χ1v) is 10.6. The maximum absolute atomic E-state index is 12.7. The molecule has 0 saturated carbocycles. The maximum Gasteiger partial charge on any atom is 0.410 e. The van der Waals surface area contributed by atoms with Crippen molar-refractivity contribution < 1.29 is 18.8 Å². The monoisotopic (exact) mass is 388 g/mol. The van der Waals surface area contributed by atoms with Crippen LogP contribution in [0.5, 0.6) is 0 Å². The van der Waals surface area contributed by atoms with E-state index in [1.165, 1.54) is 0 Å². The summed E-state index contributed by atoms with van der Waals surface area (Å²) in [5, 5.41) is 0. The van der Waals surface area contributed by atoms with Crippen LogP contribution in [-0.2, 0) is 20.8 Å². The fraction of sp³-hybridized carbons (Fsp3) is 0.947. The Bertz CT molecular complexity index is 517. The van der Waals surface area contributed by atoms with E-state index >= 15 is 0 Å². The molecule has 0 aromatic carbocycles. The van der Waals surface area contributed by atoms with E-state index in [9.17, 15) is 9.35 Å². The lowest BCUT2D eigenvalue weighted by atomic mass is 9.75. The van der Waals surface area contributed by atoms with E-state index in [-0.39, 0.29) is 27.9 Å². The zero-order valence-electron chi connectivity index (χ0n) is 17.6. The lowest BCUT2D eigenvalue weighted by Gasteiger charge is -2.44. The quantitative estimate of drug-likeness (QED) is 0.735. The van der Waals surface area contributed by atoms with Crippen LogP contribution in [0.4, 0.5) is 4.79 Å². The van der Waals surface area contributed by atoms with E-state index in [0.717, 1.165) is 0 Å². The molecular formula is C19H36N2O4S. The average molecular weight is 389 g/mol. The van der Waals surface area contributed by atoms with Gasteiger partial charge in [0.05, 0.1) is 18.2 Å². The van der Waals surface area contributed by atoms with Crippen molar-refractivity contribution in [1.29, 1.82) is 0 Å². The van der Waals surface area contributed by atoms with Gasteiger partial charge in [-0.3, -0.25) is 0 Å².